The molecular formula is C26H35N3O5. The molecule has 0 unspecified atom stereocenters. The van der Waals surface area contributed by atoms with Gasteiger partial charge in [0.25, 0.3) is 0 Å². The van der Waals surface area contributed by atoms with Crippen molar-refractivity contribution >= 4 is 11.2 Å². The molecule has 1 fully saturated rings. The lowest BCUT2D eigenvalue weighted by molar-refractivity contribution is 0.0699. The molecule has 1 saturated heterocycles. The minimum Gasteiger partial charge on any atom is -0.496 e. The maximum atomic E-state index is 5.79. The van der Waals surface area contributed by atoms with Gasteiger partial charge < -0.3 is 29.0 Å². The van der Waals surface area contributed by atoms with Crippen LogP contribution in [0.5, 0.6) is 11.5 Å². The molecule has 0 atom stereocenters. The number of nitrogens with one attached hydrogen (secondary N) is 1. The lowest BCUT2D eigenvalue weighted by Crippen LogP contribution is -2.22. The van der Waals surface area contributed by atoms with Gasteiger partial charge in [-0.05, 0) is 55.5 Å². The van der Waals surface area contributed by atoms with Crippen molar-refractivity contribution in [3.05, 3.63) is 41.6 Å². The summed E-state index contributed by atoms with van der Waals surface area (Å²) in [6.45, 7) is 6.07. The molecule has 1 aliphatic heterocycles. The first-order chi connectivity index (χ1) is 16.7. The largest absolute Gasteiger partial charge is 0.496 e. The second-order valence-electron chi connectivity index (χ2n) is 8.41. The van der Waals surface area contributed by atoms with Crippen molar-refractivity contribution in [2.75, 3.05) is 53.0 Å². The molecule has 184 valence electrons. The van der Waals surface area contributed by atoms with Crippen molar-refractivity contribution in [2.45, 2.75) is 33.0 Å². The van der Waals surface area contributed by atoms with Crippen molar-refractivity contribution in [3.63, 3.8) is 0 Å². The summed E-state index contributed by atoms with van der Waals surface area (Å²) in [6.07, 6.45) is 2.14. The van der Waals surface area contributed by atoms with Crippen LogP contribution < -0.4 is 14.8 Å². The molecule has 1 aliphatic rings. The predicted molar refractivity (Wildman–Crippen MR) is 132 cm³/mol. The predicted octanol–water partition coefficient (Wildman–Crippen LogP) is 4.54. The summed E-state index contributed by atoms with van der Waals surface area (Å²) in [4.78, 5) is 0. The minimum atomic E-state index is 0.415. The molecule has 0 radical (unpaired) electrons. The molecule has 3 aromatic rings. The van der Waals surface area contributed by atoms with Gasteiger partial charge >= 0.3 is 0 Å². The van der Waals surface area contributed by atoms with E-state index in [1.807, 2.05) is 35.7 Å². The van der Waals surface area contributed by atoms with E-state index in [0.717, 1.165) is 66.3 Å². The van der Waals surface area contributed by atoms with E-state index < -0.39 is 0 Å². The average Bonchev–Trinajstić information content (AvgIpc) is 3.23. The van der Waals surface area contributed by atoms with Crippen LogP contribution in [0.2, 0.25) is 0 Å². The van der Waals surface area contributed by atoms with Gasteiger partial charge in [0.2, 0.25) is 0 Å². The SMILES string of the molecule is CCOCc1cc(OC)c(-c2cccc3c(NCC4CCOCC4)c(COC)nn23)c(OC)c1. The van der Waals surface area contributed by atoms with E-state index >= 15 is 0 Å². The number of aromatic nitrogens is 2. The van der Waals surface area contributed by atoms with Crippen molar-refractivity contribution in [1.29, 1.82) is 0 Å². The fourth-order valence-corrected chi connectivity index (χ4v) is 4.46. The Bertz CT molecular complexity index is 1070. The molecule has 0 saturated carbocycles. The number of pyridine rings is 1. The van der Waals surface area contributed by atoms with Crippen LogP contribution in [0.25, 0.3) is 16.8 Å². The number of fused-ring (bicyclic) bond motifs is 1. The second kappa shape index (κ2) is 11.6. The number of ether oxygens (including phenoxy) is 5. The van der Waals surface area contributed by atoms with E-state index in [2.05, 4.69) is 11.4 Å². The van der Waals surface area contributed by atoms with E-state index in [1.165, 1.54) is 0 Å². The summed E-state index contributed by atoms with van der Waals surface area (Å²) >= 11 is 0. The van der Waals surface area contributed by atoms with Crippen molar-refractivity contribution in [1.82, 2.24) is 9.61 Å². The maximum absolute atomic E-state index is 5.79. The Kier molecular flexibility index (Phi) is 8.26. The standard InChI is InChI=1S/C26H35N3O5/c1-5-33-16-19-13-23(31-3)25(24(14-19)32-4)21-7-6-8-22-26(20(17-30-2)28-29(21)22)27-15-18-9-11-34-12-10-18/h6-8,13-14,18,27H,5,9-12,15-17H2,1-4H3. The third kappa shape index (κ3) is 5.14. The van der Waals surface area contributed by atoms with Gasteiger partial charge in [-0.1, -0.05) is 6.07 Å². The monoisotopic (exact) mass is 469 g/mol. The summed E-state index contributed by atoms with van der Waals surface area (Å²) in [5.41, 5.74) is 5.57. The van der Waals surface area contributed by atoms with Gasteiger partial charge in [0, 0.05) is 33.5 Å². The van der Waals surface area contributed by atoms with E-state index in [0.29, 0.717) is 37.2 Å². The number of hydrogen-bond acceptors (Lipinski definition) is 7. The number of rotatable bonds is 11. The topological polar surface area (TPSA) is 75.5 Å². The van der Waals surface area contributed by atoms with Crippen LogP contribution in [0.1, 0.15) is 31.0 Å². The van der Waals surface area contributed by atoms with Crippen LogP contribution >= 0.6 is 0 Å². The molecule has 1 N–H and O–H groups in total. The van der Waals surface area contributed by atoms with E-state index in [1.54, 1.807) is 21.3 Å². The van der Waals surface area contributed by atoms with Gasteiger partial charge in [-0.15, -0.1) is 0 Å². The first-order valence-electron chi connectivity index (χ1n) is 11.8. The van der Waals surface area contributed by atoms with Gasteiger partial charge in [-0.25, -0.2) is 4.52 Å². The van der Waals surface area contributed by atoms with Gasteiger partial charge in [0.05, 0.1) is 49.9 Å². The summed E-state index contributed by atoms with van der Waals surface area (Å²) in [5, 5.41) is 8.60. The lowest BCUT2D eigenvalue weighted by Gasteiger charge is -2.22. The molecule has 8 nitrogen and oxygen atoms in total. The number of hydrogen-bond donors (Lipinski definition) is 1. The van der Waals surface area contributed by atoms with Gasteiger partial charge in [-0.3, -0.25) is 0 Å². The highest BCUT2D eigenvalue weighted by Gasteiger charge is 2.22. The summed E-state index contributed by atoms with van der Waals surface area (Å²) in [6, 6.07) is 10.1. The molecule has 4 rings (SSSR count). The molecule has 0 aliphatic carbocycles. The van der Waals surface area contributed by atoms with Gasteiger partial charge in [0.15, 0.2) is 0 Å². The maximum Gasteiger partial charge on any atom is 0.132 e. The molecule has 0 bridgehead atoms. The van der Waals surface area contributed by atoms with E-state index in [9.17, 15) is 0 Å². The number of methoxy groups -OCH3 is 3. The molecule has 2 aromatic heterocycles. The Hall–Kier alpha value is -2.81. The molecule has 3 heterocycles. The van der Waals surface area contributed by atoms with Crippen molar-refractivity contribution < 1.29 is 23.7 Å². The summed E-state index contributed by atoms with van der Waals surface area (Å²) in [5.74, 6) is 2.00. The fourth-order valence-electron chi connectivity index (χ4n) is 4.46. The average molecular weight is 470 g/mol. The molecule has 1 aromatic carbocycles. The summed E-state index contributed by atoms with van der Waals surface area (Å²) in [7, 11) is 5.03. The molecule has 0 spiro atoms. The Morgan fingerprint density at radius 3 is 2.44 bits per heavy atom. The Balaban J connectivity index is 1.77. The van der Waals surface area contributed by atoms with Crippen LogP contribution in [-0.2, 0) is 27.4 Å². The fraction of sp³-hybridized carbons (Fsp3) is 0.500. The Labute approximate surface area is 201 Å². The first kappa shape index (κ1) is 24.3. The molecule has 8 heteroatoms. The van der Waals surface area contributed by atoms with Crippen molar-refractivity contribution in [2.24, 2.45) is 5.92 Å². The van der Waals surface area contributed by atoms with Crippen LogP contribution in [-0.4, -0.2) is 57.3 Å². The molecule has 34 heavy (non-hydrogen) atoms. The Morgan fingerprint density at radius 1 is 1.06 bits per heavy atom. The highest BCUT2D eigenvalue weighted by molar-refractivity contribution is 5.82. The summed E-state index contributed by atoms with van der Waals surface area (Å²) < 4.78 is 30.1. The number of nitrogens with zero attached hydrogens (tertiary/aromatic N) is 2. The highest BCUT2D eigenvalue weighted by atomic mass is 16.5. The Morgan fingerprint density at radius 2 is 1.79 bits per heavy atom. The van der Waals surface area contributed by atoms with Crippen LogP contribution in [0.3, 0.4) is 0 Å². The van der Waals surface area contributed by atoms with Crippen LogP contribution in [0, 0.1) is 5.92 Å². The van der Waals surface area contributed by atoms with E-state index in [-0.39, 0.29) is 0 Å². The van der Waals surface area contributed by atoms with Crippen LogP contribution in [0.4, 0.5) is 5.69 Å². The smallest absolute Gasteiger partial charge is 0.132 e. The zero-order chi connectivity index (χ0) is 23.9. The number of anilines is 1. The van der Waals surface area contributed by atoms with Gasteiger partial charge in [-0.2, -0.15) is 5.10 Å². The third-order valence-electron chi connectivity index (χ3n) is 6.21. The highest BCUT2D eigenvalue weighted by Crippen LogP contribution is 2.41. The quantitative estimate of drug-likeness (QED) is 0.442. The first-order valence-corrected chi connectivity index (χ1v) is 11.8. The second-order valence-corrected chi connectivity index (χ2v) is 8.41. The zero-order valence-electron chi connectivity index (χ0n) is 20.6. The van der Waals surface area contributed by atoms with Gasteiger partial charge in [0.1, 0.15) is 17.2 Å². The van der Waals surface area contributed by atoms with E-state index in [4.69, 9.17) is 28.8 Å². The molecular weight excluding hydrogens is 434 g/mol. The third-order valence-corrected chi connectivity index (χ3v) is 6.21. The lowest BCUT2D eigenvalue weighted by atomic mass is 10.0. The van der Waals surface area contributed by atoms with Crippen molar-refractivity contribution in [3.8, 4) is 22.8 Å². The molecule has 0 amide bonds. The van der Waals surface area contributed by atoms with Crippen LogP contribution in [0.15, 0.2) is 30.3 Å². The zero-order valence-corrected chi connectivity index (χ0v) is 20.6. The minimum absolute atomic E-state index is 0.415. The normalized spacial score (nSPS) is 14.5. The number of benzene rings is 1.